The van der Waals surface area contributed by atoms with E-state index >= 15 is 0 Å². The number of aromatic carboxylic acids is 1. The summed E-state index contributed by atoms with van der Waals surface area (Å²) >= 11 is 1.47. The molecule has 5 nitrogen and oxygen atoms in total. The minimum Gasteiger partial charge on any atom is -0.476 e. The van der Waals surface area contributed by atoms with Crippen molar-refractivity contribution in [2.75, 3.05) is 0 Å². The van der Waals surface area contributed by atoms with Gasteiger partial charge in [-0.1, -0.05) is 6.92 Å². The van der Waals surface area contributed by atoms with Crippen LogP contribution in [-0.4, -0.2) is 25.6 Å². The highest BCUT2D eigenvalue weighted by Crippen LogP contribution is 2.15. The Hall–Kier alpha value is -1.69. The molecule has 2 heterocycles. The van der Waals surface area contributed by atoms with Crippen LogP contribution >= 0.6 is 11.3 Å². The molecule has 2 aromatic heterocycles. The molecule has 0 fully saturated rings. The molecule has 78 valence electrons. The average Bonchev–Trinajstić information content (AvgIpc) is 2.86. The highest BCUT2D eigenvalue weighted by molar-refractivity contribution is 7.12. The highest BCUT2D eigenvalue weighted by atomic mass is 32.1. The minimum atomic E-state index is -1.03. The average molecular weight is 223 g/mol. The van der Waals surface area contributed by atoms with Gasteiger partial charge in [0.15, 0.2) is 10.8 Å². The van der Waals surface area contributed by atoms with Crippen molar-refractivity contribution in [1.29, 1.82) is 0 Å². The fraction of sp³-hybridized carbons (Fsp3) is 0.222. The molecule has 0 aliphatic heterocycles. The smallest absolute Gasteiger partial charge is 0.356 e. The van der Waals surface area contributed by atoms with Gasteiger partial charge in [-0.2, -0.15) is 0 Å². The van der Waals surface area contributed by atoms with Gasteiger partial charge in [0.25, 0.3) is 0 Å². The van der Waals surface area contributed by atoms with Gasteiger partial charge in [0.05, 0.1) is 5.69 Å². The Morgan fingerprint density at radius 2 is 2.47 bits per heavy atom. The first kappa shape index (κ1) is 9.85. The van der Waals surface area contributed by atoms with E-state index in [1.807, 2.05) is 12.3 Å². The maximum Gasteiger partial charge on any atom is 0.356 e. The molecule has 0 saturated carbocycles. The Labute approximate surface area is 90.0 Å². The van der Waals surface area contributed by atoms with E-state index in [9.17, 15) is 4.79 Å². The van der Waals surface area contributed by atoms with Crippen LogP contribution < -0.4 is 0 Å². The van der Waals surface area contributed by atoms with Crippen molar-refractivity contribution in [3.05, 3.63) is 29.3 Å². The van der Waals surface area contributed by atoms with Crippen molar-refractivity contribution in [3.63, 3.8) is 0 Å². The molecular weight excluding hydrogens is 214 g/mol. The van der Waals surface area contributed by atoms with Crippen LogP contribution in [0.25, 0.3) is 5.13 Å². The largest absolute Gasteiger partial charge is 0.476 e. The predicted molar refractivity (Wildman–Crippen MR) is 55.6 cm³/mol. The number of carbonyl (C=O) groups is 1. The lowest BCUT2D eigenvalue weighted by Gasteiger charge is -1.92. The number of carboxylic acid groups (broad SMARTS) is 1. The van der Waals surface area contributed by atoms with E-state index < -0.39 is 5.97 Å². The SMILES string of the molecule is CCc1csc(-n2cnc(C(=O)O)c2)n1. The maximum atomic E-state index is 10.6. The van der Waals surface area contributed by atoms with Crippen LogP contribution in [0.1, 0.15) is 23.1 Å². The van der Waals surface area contributed by atoms with Crippen LogP contribution in [0.5, 0.6) is 0 Å². The molecule has 2 aromatic rings. The molecule has 0 aromatic carbocycles. The summed E-state index contributed by atoms with van der Waals surface area (Å²) in [4.78, 5) is 18.7. The second kappa shape index (κ2) is 3.82. The van der Waals surface area contributed by atoms with Gasteiger partial charge in [-0.25, -0.2) is 14.8 Å². The van der Waals surface area contributed by atoms with Crippen molar-refractivity contribution in [3.8, 4) is 5.13 Å². The lowest BCUT2D eigenvalue weighted by Crippen LogP contribution is -1.95. The standard InChI is InChI=1S/C9H9N3O2S/c1-2-6-4-15-9(11-6)12-3-7(8(13)14)10-5-12/h3-5H,2H2,1H3,(H,13,14). The van der Waals surface area contributed by atoms with Crippen LogP contribution in [-0.2, 0) is 6.42 Å². The number of carboxylic acids is 1. The van der Waals surface area contributed by atoms with E-state index in [1.165, 1.54) is 23.9 Å². The monoisotopic (exact) mass is 223 g/mol. The van der Waals surface area contributed by atoms with Crippen molar-refractivity contribution in [1.82, 2.24) is 14.5 Å². The number of thiazole rings is 1. The number of imidazole rings is 1. The van der Waals surface area contributed by atoms with Crippen LogP contribution in [0.4, 0.5) is 0 Å². The molecule has 0 aliphatic carbocycles. The number of aromatic nitrogens is 3. The first-order valence-corrected chi connectivity index (χ1v) is 5.30. The van der Waals surface area contributed by atoms with Crippen LogP contribution in [0, 0.1) is 0 Å². The Morgan fingerprint density at radius 1 is 1.67 bits per heavy atom. The van der Waals surface area contributed by atoms with Gasteiger partial charge >= 0.3 is 5.97 Å². The second-order valence-electron chi connectivity index (χ2n) is 2.95. The highest BCUT2D eigenvalue weighted by Gasteiger charge is 2.09. The zero-order chi connectivity index (χ0) is 10.8. The van der Waals surface area contributed by atoms with Crippen molar-refractivity contribution < 1.29 is 9.90 Å². The van der Waals surface area contributed by atoms with Gasteiger partial charge in [-0.3, -0.25) is 4.57 Å². The molecule has 0 amide bonds. The minimum absolute atomic E-state index is 0.0308. The molecule has 0 bridgehead atoms. The molecular formula is C9H9N3O2S. The summed E-state index contributed by atoms with van der Waals surface area (Å²) in [5.41, 5.74) is 1.03. The molecule has 0 saturated heterocycles. The quantitative estimate of drug-likeness (QED) is 0.858. The van der Waals surface area contributed by atoms with Gasteiger partial charge in [0.1, 0.15) is 6.33 Å². The van der Waals surface area contributed by atoms with Gasteiger partial charge < -0.3 is 5.11 Å². The summed E-state index contributed by atoms with van der Waals surface area (Å²) < 4.78 is 1.62. The third kappa shape index (κ3) is 1.89. The molecule has 6 heteroatoms. The Kier molecular flexibility index (Phi) is 2.51. The van der Waals surface area contributed by atoms with E-state index in [0.717, 1.165) is 17.2 Å². The lowest BCUT2D eigenvalue weighted by atomic mass is 10.4. The summed E-state index contributed by atoms with van der Waals surface area (Å²) in [5.74, 6) is -1.03. The number of rotatable bonds is 3. The summed E-state index contributed by atoms with van der Waals surface area (Å²) in [6.07, 6.45) is 3.79. The van der Waals surface area contributed by atoms with Crippen LogP contribution in [0.3, 0.4) is 0 Å². The first-order valence-electron chi connectivity index (χ1n) is 4.42. The first-order chi connectivity index (χ1) is 7.20. The molecule has 1 N–H and O–H groups in total. The molecule has 15 heavy (non-hydrogen) atoms. The van der Waals surface area contributed by atoms with E-state index in [4.69, 9.17) is 5.11 Å². The van der Waals surface area contributed by atoms with Crippen molar-refractivity contribution >= 4 is 17.3 Å². The topological polar surface area (TPSA) is 68.0 Å². The molecule has 0 atom stereocenters. The van der Waals surface area contributed by atoms with Gasteiger partial charge in [-0.05, 0) is 6.42 Å². The summed E-state index contributed by atoms with van der Waals surface area (Å²) in [5, 5.41) is 11.4. The van der Waals surface area contributed by atoms with E-state index in [2.05, 4.69) is 9.97 Å². The summed E-state index contributed by atoms with van der Waals surface area (Å²) in [6.45, 7) is 2.02. The third-order valence-corrected chi connectivity index (χ3v) is 2.83. The molecule has 0 unspecified atom stereocenters. The molecule has 2 rings (SSSR count). The number of hydrogen-bond acceptors (Lipinski definition) is 4. The van der Waals surface area contributed by atoms with Gasteiger partial charge in [-0.15, -0.1) is 11.3 Å². The third-order valence-electron chi connectivity index (χ3n) is 1.92. The number of hydrogen-bond donors (Lipinski definition) is 1. The van der Waals surface area contributed by atoms with E-state index in [1.54, 1.807) is 4.57 Å². The van der Waals surface area contributed by atoms with Gasteiger partial charge in [0, 0.05) is 11.6 Å². The fourth-order valence-corrected chi connectivity index (χ4v) is 1.97. The predicted octanol–water partition coefficient (Wildman–Crippen LogP) is 1.59. The second-order valence-corrected chi connectivity index (χ2v) is 3.78. The molecule has 0 aliphatic rings. The van der Waals surface area contributed by atoms with E-state index in [0.29, 0.717) is 0 Å². The van der Waals surface area contributed by atoms with Crippen molar-refractivity contribution in [2.24, 2.45) is 0 Å². The summed E-state index contributed by atoms with van der Waals surface area (Å²) in [6, 6.07) is 0. The number of aryl methyl sites for hydroxylation is 1. The summed E-state index contributed by atoms with van der Waals surface area (Å²) in [7, 11) is 0. The molecule has 0 spiro atoms. The Balaban J connectivity index is 2.32. The number of nitrogens with zero attached hydrogens (tertiary/aromatic N) is 3. The normalized spacial score (nSPS) is 10.5. The van der Waals surface area contributed by atoms with Crippen LogP contribution in [0.2, 0.25) is 0 Å². The maximum absolute atomic E-state index is 10.6. The Bertz CT molecular complexity index is 489. The zero-order valence-corrected chi connectivity index (χ0v) is 8.86. The van der Waals surface area contributed by atoms with Crippen LogP contribution in [0.15, 0.2) is 17.9 Å². The molecule has 0 radical (unpaired) electrons. The fourth-order valence-electron chi connectivity index (χ4n) is 1.12. The van der Waals surface area contributed by atoms with Gasteiger partial charge in [0.2, 0.25) is 0 Å². The lowest BCUT2D eigenvalue weighted by molar-refractivity contribution is 0.0691. The zero-order valence-electron chi connectivity index (χ0n) is 8.04. The Morgan fingerprint density at radius 3 is 3.00 bits per heavy atom. The van der Waals surface area contributed by atoms with E-state index in [-0.39, 0.29) is 5.69 Å². The van der Waals surface area contributed by atoms with Crippen molar-refractivity contribution in [2.45, 2.75) is 13.3 Å².